The van der Waals surface area contributed by atoms with Crippen LogP contribution in [-0.2, 0) is 11.0 Å². The Balaban J connectivity index is 3.14. The van der Waals surface area contributed by atoms with E-state index in [0.717, 1.165) is 17.0 Å². The van der Waals surface area contributed by atoms with E-state index in [0.29, 0.717) is 6.54 Å². The van der Waals surface area contributed by atoms with Crippen LogP contribution in [0.2, 0.25) is 0 Å². The Morgan fingerprint density at radius 1 is 1.38 bits per heavy atom. The van der Waals surface area contributed by atoms with Crippen LogP contribution in [0.25, 0.3) is 0 Å². The maximum Gasteiger partial charge on any atom is 0.354 e. The lowest BCUT2D eigenvalue weighted by atomic mass is 10.2. The standard InChI is InChI=1S/C10H15N2O/c1-12(2)9-4-8(7-11)5-10(6-9)13-3/h4-6H,3,7,11H2,1-2H3/q+1. The summed E-state index contributed by atoms with van der Waals surface area (Å²) in [4.78, 5) is 2.00. The first-order valence-electron chi connectivity index (χ1n) is 4.10. The molecule has 0 bridgehead atoms. The summed E-state index contributed by atoms with van der Waals surface area (Å²) in [6, 6.07) is 5.84. The molecule has 1 aromatic carbocycles. The SMILES string of the molecule is C=[O+]c1cc(CN)cc(N(C)C)c1. The fraction of sp³-hybridized carbons (Fsp3) is 0.300. The number of rotatable bonds is 3. The molecular formula is C10H15N2O+. The van der Waals surface area contributed by atoms with Gasteiger partial charge in [-0.1, -0.05) is 0 Å². The first-order chi connectivity index (χ1) is 6.17. The van der Waals surface area contributed by atoms with Crippen LogP contribution in [0.4, 0.5) is 5.69 Å². The molecule has 1 rings (SSSR count). The number of benzene rings is 1. The molecule has 0 fully saturated rings. The maximum absolute atomic E-state index is 5.55. The minimum Gasteiger partial charge on any atom is -0.377 e. The van der Waals surface area contributed by atoms with E-state index in [1.54, 1.807) is 0 Å². The van der Waals surface area contributed by atoms with Gasteiger partial charge in [-0.3, -0.25) is 0 Å². The lowest BCUT2D eigenvalue weighted by molar-refractivity contribution is -0.354. The van der Waals surface area contributed by atoms with Crippen LogP contribution >= 0.6 is 0 Å². The van der Waals surface area contributed by atoms with Crippen LogP contribution in [0.1, 0.15) is 5.56 Å². The first kappa shape index (κ1) is 9.74. The van der Waals surface area contributed by atoms with Crippen LogP contribution in [-0.4, -0.2) is 20.9 Å². The second-order valence-corrected chi connectivity index (χ2v) is 3.08. The van der Waals surface area contributed by atoms with E-state index in [2.05, 4.69) is 6.79 Å². The van der Waals surface area contributed by atoms with E-state index in [4.69, 9.17) is 10.2 Å². The molecular weight excluding hydrogens is 164 g/mol. The molecule has 0 aliphatic rings. The van der Waals surface area contributed by atoms with Gasteiger partial charge < -0.3 is 10.6 Å². The topological polar surface area (TPSA) is 40.6 Å². The zero-order valence-corrected chi connectivity index (χ0v) is 8.08. The van der Waals surface area contributed by atoms with Crippen LogP contribution in [0.3, 0.4) is 0 Å². The smallest absolute Gasteiger partial charge is 0.354 e. The molecule has 70 valence electrons. The molecule has 1 aromatic rings. The summed E-state index contributed by atoms with van der Waals surface area (Å²) < 4.78 is 4.92. The van der Waals surface area contributed by atoms with E-state index < -0.39 is 0 Å². The monoisotopic (exact) mass is 179 g/mol. The van der Waals surface area contributed by atoms with Crippen molar-refractivity contribution in [2.75, 3.05) is 19.0 Å². The van der Waals surface area contributed by atoms with Crippen molar-refractivity contribution in [3.63, 3.8) is 0 Å². The number of carbonyl (C=O) groups excluding carboxylic acids is 1. The highest BCUT2D eigenvalue weighted by Gasteiger charge is 2.06. The van der Waals surface area contributed by atoms with Gasteiger partial charge in [-0.25, -0.2) is 4.42 Å². The van der Waals surface area contributed by atoms with Crippen molar-refractivity contribution >= 4 is 12.5 Å². The van der Waals surface area contributed by atoms with Crippen molar-refractivity contribution in [2.45, 2.75) is 6.54 Å². The molecule has 0 saturated heterocycles. The minimum atomic E-state index is 0.512. The van der Waals surface area contributed by atoms with E-state index in [1.807, 2.05) is 37.2 Å². The van der Waals surface area contributed by atoms with Crippen molar-refractivity contribution in [3.05, 3.63) is 23.8 Å². The maximum atomic E-state index is 5.55. The molecule has 0 aliphatic carbocycles. The molecule has 0 unspecified atom stereocenters. The van der Waals surface area contributed by atoms with Gasteiger partial charge in [0.15, 0.2) is 0 Å². The van der Waals surface area contributed by atoms with Crippen molar-refractivity contribution in [1.29, 1.82) is 0 Å². The minimum absolute atomic E-state index is 0.512. The van der Waals surface area contributed by atoms with Crippen LogP contribution in [0.5, 0.6) is 5.75 Å². The molecule has 0 aliphatic heterocycles. The Kier molecular flexibility index (Phi) is 3.03. The molecule has 3 nitrogen and oxygen atoms in total. The third-order valence-corrected chi connectivity index (χ3v) is 1.87. The Morgan fingerprint density at radius 2 is 2.08 bits per heavy atom. The molecule has 0 atom stereocenters. The Bertz CT molecular complexity index is 308. The molecule has 0 spiro atoms. The largest absolute Gasteiger partial charge is 0.377 e. The van der Waals surface area contributed by atoms with Gasteiger partial charge in [0, 0.05) is 32.4 Å². The highest BCUT2D eigenvalue weighted by Crippen LogP contribution is 2.22. The van der Waals surface area contributed by atoms with Crippen molar-refractivity contribution in [1.82, 2.24) is 0 Å². The quantitative estimate of drug-likeness (QED) is 0.710. The van der Waals surface area contributed by atoms with Gasteiger partial charge in [-0.15, -0.1) is 0 Å². The third-order valence-electron chi connectivity index (χ3n) is 1.87. The predicted molar refractivity (Wildman–Crippen MR) is 55.2 cm³/mol. The summed E-state index contributed by atoms with van der Waals surface area (Å²) in [5.41, 5.74) is 7.67. The summed E-state index contributed by atoms with van der Waals surface area (Å²) in [5.74, 6) is 0.742. The second kappa shape index (κ2) is 4.05. The van der Waals surface area contributed by atoms with Gasteiger partial charge >= 0.3 is 5.75 Å². The number of anilines is 1. The van der Waals surface area contributed by atoms with Gasteiger partial charge in [-0.2, -0.15) is 0 Å². The van der Waals surface area contributed by atoms with Gasteiger partial charge in [0.05, 0.1) is 6.07 Å². The molecule has 0 amide bonds. The van der Waals surface area contributed by atoms with Crippen molar-refractivity contribution < 1.29 is 4.42 Å². The first-order valence-corrected chi connectivity index (χ1v) is 4.10. The number of hydrogen-bond donors (Lipinski definition) is 1. The highest BCUT2D eigenvalue weighted by atomic mass is 16.4. The molecule has 3 heteroatoms. The normalized spacial score (nSPS) is 9.77. The molecule has 2 N–H and O–H groups in total. The van der Waals surface area contributed by atoms with Crippen molar-refractivity contribution in [3.8, 4) is 5.75 Å². The van der Waals surface area contributed by atoms with Crippen molar-refractivity contribution in [2.24, 2.45) is 5.73 Å². The summed E-state index contributed by atoms with van der Waals surface area (Å²) in [5, 5.41) is 0. The van der Waals surface area contributed by atoms with Crippen LogP contribution in [0.15, 0.2) is 18.2 Å². The van der Waals surface area contributed by atoms with Gasteiger partial charge in [0.1, 0.15) is 0 Å². The second-order valence-electron chi connectivity index (χ2n) is 3.08. The van der Waals surface area contributed by atoms with E-state index in [-0.39, 0.29) is 0 Å². The average molecular weight is 179 g/mol. The number of nitrogens with zero attached hydrogens (tertiary/aromatic N) is 1. The Morgan fingerprint density at radius 3 is 2.54 bits per heavy atom. The van der Waals surface area contributed by atoms with Crippen LogP contribution in [0, 0.1) is 0 Å². The highest BCUT2D eigenvalue weighted by molar-refractivity contribution is 5.52. The van der Waals surface area contributed by atoms with E-state index in [9.17, 15) is 0 Å². The lowest BCUT2D eigenvalue weighted by Crippen LogP contribution is -2.09. The Labute approximate surface area is 78.5 Å². The zero-order chi connectivity index (χ0) is 9.84. The summed E-state index contributed by atoms with van der Waals surface area (Å²) >= 11 is 0. The van der Waals surface area contributed by atoms with Gasteiger partial charge in [-0.05, 0) is 11.6 Å². The number of nitrogens with two attached hydrogens (primary N) is 1. The summed E-state index contributed by atoms with van der Waals surface area (Å²) in [6.45, 7) is 3.88. The Hall–Kier alpha value is -1.35. The lowest BCUT2D eigenvalue weighted by Gasteiger charge is -2.11. The van der Waals surface area contributed by atoms with Crippen LogP contribution < -0.4 is 10.6 Å². The molecule has 13 heavy (non-hydrogen) atoms. The molecule has 0 heterocycles. The van der Waals surface area contributed by atoms with E-state index in [1.165, 1.54) is 0 Å². The molecule has 0 aromatic heterocycles. The summed E-state index contributed by atoms with van der Waals surface area (Å²) in [6.07, 6.45) is 0. The van der Waals surface area contributed by atoms with E-state index >= 15 is 0 Å². The fourth-order valence-corrected chi connectivity index (χ4v) is 1.10. The van der Waals surface area contributed by atoms with Gasteiger partial charge in [0.25, 0.3) is 6.79 Å². The predicted octanol–water partition coefficient (Wildman–Crippen LogP) is 1.29. The fourth-order valence-electron chi connectivity index (χ4n) is 1.10. The number of hydrogen-bond acceptors (Lipinski definition) is 2. The van der Waals surface area contributed by atoms with Gasteiger partial charge in [0.2, 0.25) is 0 Å². The molecule has 0 saturated carbocycles. The molecule has 0 radical (unpaired) electrons. The third kappa shape index (κ3) is 2.29. The average Bonchev–Trinajstić information content (AvgIpc) is 2.16. The zero-order valence-electron chi connectivity index (χ0n) is 8.08. The summed E-state index contributed by atoms with van der Waals surface area (Å²) in [7, 11) is 3.95.